The molecule has 9 heteroatoms. The number of amides is 2. The third-order valence-electron chi connectivity index (χ3n) is 2.85. The average Bonchev–Trinajstić information content (AvgIpc) is 2.60. The molecule has 1 saturated heterocycles. The molecule has 0 aliphatic carbocycles. The molecule has 104 valence electrons. The van der Waals surface area contributed by atoms with Crippen molar-refractivity contribution in [1.29, 1.82) is 0 Å². The van der Waals surface area contributed by atoms with Gasteiger partial charge in [-0.25, -0.2) is 4.90 Å². The zero-order chi connectivity index (χ0) is 15.0. The number of nitro benzene ring substituents is 1. The monoisotopic (exact) mass is 300 g/mol. The van der Waals surface area contributed by atoms with Crippen molar-refractivity contribution >= 4 is 34.8 Å². The average molecular weight is 300 g/mol. The Hall–Kier alpha value is -1.90. The molecule has 0 N–H and O–H groups in total. The van der Waals surface area contributed by atoms with Crippen LogP contribution in [0.4, 0.5) is 11.4 Å². The molecular formula is C12H9N2NaO6. The number of hydrogen-bond donors (Lipinski definition) is 0. The van der Waals surface area contributed by atoms with Crippen LogP contribution >= 0.6 is 0 Å². The van der Waals surface area contributed by atoms with Gasteiger partial charge in [0.2, 0.25) is 5.78 Å². The summed E-state index contributed by atoms with van der Waals surface area (Å²) in [5.41, 5.74) is -0.437. The van der Waals surface area contributed by atoms with Gasteiger partial charge in [0.05, 0.1) is 10.6 Å². The Bertz CT molecular complexity index is 677. The quantitative estimate of drug-likeness (QED) is 0.150. The summed E-state index contributed by atoms with van der Waals surface area (Å²) >= 11 is 0. The molecule has 1 aromatic carbocycles. The molecule has 1 aliphatic rings. The molecule has 0 aromatic heterocycles. The van der Waals surface area contributed by atoms with Gasteiger partial charge in [-0.15, -0.1) is 0 Å². The summed E-state index contributed by atoms with van der Waals surface area (Å²) in [4.78, 5) is 57.0. The Morgan fingerprint density at radius 2 is 1.95 bits per heavy atom. The number of benzene rings is 1. The van der Waals surface area contributed by atoms with Gasteiger partial charge in [0.1, 0.15) is 5.78 Å². The molecule has 8 nitrogen and oxygen atoms in total. The second kappa shape index (κ2) is 6.25. The van der Waals surface area contributed by atoms with E-state index in [4.69, 9.17) is 0 Å². The van der Waals surface area contributed by atoms with Crippen LogP contribution in [0.3, 0.4) is 0 Å². The summed E-state index contributed by atoms with van der Waals surface area (Å²) in [5, 5.41) is 10.7. The van der Waals surface area contributed by atoms with Gasteiger partial charge in [-0.2, -0.15) is 0 Å². The van der Waals surface area contributed by atoms with Crippen LogP contribution in [0.15, 0.2) is 24.3 Å². The number of ketones is 2. The fourth-order valence-electron chi connectivity index (χ4n) is 1.92. The first-order chi connectivity index (χ1) is 9.34. The second-order valence-corrected chi connectivity index (χ2v) is 4.16. The molecule has 0 radical (unpaired) electrons. The summed E-state index contributed by atoms with van der Waals surface area (Å²) in [6.45, 7) is 1.03. The number of hydrogen-bond acceptors (Lipinski definition) is 6. The molecule has 1 aliphatic heterocycles. The van der Waals surface area contributed by atoms with Crippen molar-refractivity contribution in [3.05, 3.63) is 34.4 Å². The largest absolute Gasteiger partial charge is 1.00 e. The van der Waals surface area contributed by atoms with Crippen molar-refractivity contribution in [3.63, 3.8) is 0 Å². The van der Waals surface area contributed by atoms with Gasteiger partial charge >= 0.3 is 35.5 Å². The molecule has 21 heavy (non-hydrogen) atoms. The van der Waals surface area contributed by atoms with Gasteiger partial charge in [0.25, 0.3) is 11.6 Å². The molecule has 0 saturated carbocycles. The Labute approximate surface area is 142 Å². The van der Waals surface area contributed by atoms with E-state index in [2.05, 4.69) is 0 Å². The second-order valence-electron chi connectivity index (χ2n) is 4.16. The third kappa shape index (κ3) is 2.92. The number of imide groups is 1. The first-order valence-corrected chi connectivity index (χ1v) is 5.51. The van der Waals surface area contributed by atoms with E-state index in [-0.39, 0.29) is 42.4 Å². The van der Waals surface area contributed by atoms with Gasteiger partial charge in [-0.3, -0.25) is 29.3 Å². The summed E-state index contributed by atoms with van der Waals surface area (Å²) in [6.07, 6.45) is 0. The van der Waals surface area contributed by atoms with Crippen molar-refractivity contribution in [2.24, 2.45) is 5.92 Å². The summed E-state index contributed by atoms with van der Waals surface area (Å²) in [5.74, 6) is -5.64. The fraction of sp³-hybridized carbons (Fsp3) is 0.167. The van der Waals surface area contributed by atoms with Crippen LogP contribution in [0, 0.1) is 16.0 Å². The van der Waals surface area contributed by atoms with E-state index in [1.807, 2.05) is 0 Å². The Balaban J connectivity index is 0.00000220. The topological polar surface area (TPSA) is 115 Å². The molecule has 2 amide bonds. The minimum atomic E-state index is -1.65. The molecule has 0 bridgehead atoms. The standard InChI is InChI=1S/C12H8N2O6.Na.H/c1-6(15)9-10(16)12(18)13(11(9)17)7-3-2-4-8(5-7)14(19)20;;/h2-5,9H,1H3;;/q;+1;-1. The van der Waals surface area contributed by atoms with Crippen LogP contribution in [0.25, 0.3) is 0 Å². The van der Waals surface area contributed by atoms with Gasteiger partial charge in [0, 0.05) is 12.1 Å². The van der Waals surface area contributed by atoms with E-state index in [1.165, 1.54) is 18.2 Å². The molecule has 1 aromatic rings. The van der Waals surface area contributed by atoms with E-state index < -0.39 is 34.2 Å². The first-order valence-electron chi connectivity index (χ1n) is 5.51. The number of carbonyl (C=O) groups excluding carboxylic acids is 4. The molecule has 1 heterocycles. The fourth-order valence-corrected chi connectivity index (χ4v) is 1.92. The predicted octanol–water partition coefficient (Wildman–Crippen LogP) is -2.64. The zero-order valence-corrected chi connectivity index (χ0v) is 13.2. The van der Waals surface area contributed by atoms with Crippen molar-refractivity contribution in [2.75, 3.05) is 4.90 Å². The normalized spacial score (nSPS) is 17.7. The van der Waals surface area contributed by atoms with Gasteiger partial charge in [-0.05, 0) is 13.0 Å². The SMILES string of the molecule is CC(=O)C1C(=O)C(=O)N(c2cccc([N+](=O)[O-])c2)C1=O.[H-].[Na+]. The number of carbonyl (C=O) groups is 4. The van der Waals surface area contributed by atoms with Crippen molar-refractivity contribution in [2.45, 2.75) is 6.92 Å². The van der Waals surface area contributed by atoms with E-state index in [0.29, 0.717) is 4.90 Å². The number of nitrogens with zero attached hydrogens (tertiary/aromatic N) is 2. The molecular weight excluding hydrogens is 291 g/mol. The molecule has 1 fully saturated rings. The van der Waals surface area contributed by atoms with Gasteiger partial charge in [-0.1, -0.05) is 6.07 Å². The Morgan fingerprint density at radius 3 is 2.43 bits per heavy atom. The molecule has 1 atom stereocenters. The number of Topliss-reactive ketones (excluding diaryl/α,β-unsaturated/α-hetero) is 2. The van der Waals surface area contributed by atoms with Crippen LogP contribution in [0.1, 0.15) is 8.35 Å². The van der Waals surface area contributed by atoms with Crippen LogP contribution in [0.2, 0.25) is 0 Å². The maximum atomic E-state index is 11.9. The minimum Gasteiger partial charge on any atom is -1.00 e. The van der Waals surface area contributed by atoms with Crippen molar-refractivity contribution < 1.29 is 55.1 Å². The maximum absolute atomic E-state index is 11.9. The first kappa shape index (κ1) is 17.2. The zero-order valence-electron chi connectivity index (χ0n) is 12.2. The number of rotatable bonds is 3. The van der Waals surface area contributed by atoms with Crippen LogP contribution in [-0.4, -0.2) is 28.3 Å². The minimum absolute atomic E-state index is 0. The van der Waals surface area contributed by atoms with Crippen molar-refractivity contribution in [3.8, 4) is 0 Å². The number of nitro groups is 1. The van der Waals surface area contributed by atoms with E-state index in [0.717, 1.165) is 13.0 Å². The van der Waals surface area contributed by atoms with E-state index in [1.54, 1.807) is 0 Å². The summed E-state index contributed by atoms with van der Waals surface area (Å²) in [6, 6.07) is 4.72. The smallest absolute Gasteiger partial charge is 1.00 e. The number of anilines is 1. The van der Waals surface area contributed by atoms with Crippen LogP contribution in [0.5, 0.6) is 0 Å². The van der Waals surface area contributed by atoms with Gasteiger partial charge < -0.3 is 1.43 Å². The summed E-state index contributed by atoms with van der Waals surface area (Å²) in [7, 11) is 0. The third-order valence-corrected chi connectivity index (χ3v) is 2.85. The van der Waals surface area contributed by atoms with E-state index >= 15 is 0 Å². The van der Waals surface area contributed by atoms with Crippen LogP contribution in [-0.2, 0) is 19.2 Å². The molecule has 0 spiro atoms. The van der Waals surface area contributed by atoms with Crippen molar-refractivity contribution in [1.82, 2.24) is 0 Å². The van der Waals surface area contributed by atoms with E-state index in [9.17, 15) is 29.3 Å². The van der Waals surface area contributed by atoms with Gasteiger partial charge in [0.15, 0.2) is 5.92 Å². The maximum Gasteiger partial charge on any atom is 1.00 e. The number of non-ortho nitro benzene ring substituents is 1. The Kier molecular flexibility index (Phi) is 5.10. The Morgan fingerprint density at radius 1 is 1.33 bits per heavy atom. The molecule has 2 rings (SSSR count). The summed E-state index contributed by atoms with van der Waals surface area (Å²) < 4.78 is 0. The predicted molar refractivity (Wildman–Crippen MR) is 65.9 cm³/mol. The van der Waals surface area contributed by atoms with Crippen LogP contribution < -0.4 is 34.5 Å². The molecule has 1 unspecified atom stereocenters.